The lowest BCUT2D eigenvalue weighted by Gasteiger charge is -2.00. The maximum absolute atomic E-state index is 11.2. The Kier molecular flexibility index (Phi) is 5.37. The minimum Gasteiger partial charge on any atom is -0.507 e. The summed E-state index contributed by atoms with van der Waals surface area (Å²) in [5.41, 5.74) is 1.44. The van der Waals surface area contributed by atoms with Gasteiger partial charge in [-0.1, -0.05) is 17.3 Å². The van der Waals surface area contributed by atoms with Gasteiger partial charge in [0.1, 0.15) is 5.75 Å². The van der Waals surface area contributed by atoms with Crippen LogP contribution < -0.4 is 0 Å². The van der Waals surface area contributed by atoms with Crippen molar-refractivity contribution in [2.24, 2.45) is 0 Å². The highest BCUT2D eigenvalue weighted by atomic mass is 16.5. The Balaban J connectivity index is 1.84. The number of para-hydroxylation sites is 1. The maximum Gasteiger partial charge on any atom is 0.305 e. The van der Waals surface area contributed by atoms with E-state index in [-0.39, 0.29) is 11.7 Å². The van der Waals surface area contributed by atoms with Gasteiger partial charge in [0.15, 0.2) is 5.76 Å². The van der Waals surface area contributed by atoms with Crippen molar-refractivity contribution >= 4 is 5.97 Å². The number of hydrogen-bond acceptors (Lipinski definition) is 5. The summed E-state index contributed by atoms with van der Waals surface area (Å²) in [4.78, 5) is 11.2. The van der Waals surface area contributed by atoms with Crippen molar-refractivity contribution in [2.75, 3.05) is 6.61 Å². The van der Waals surface area contributed by atoms with Crippen molar-refractivity contribution in [2.45, 2.75) is 32.6 Å². The van der Waals surface area contributed by atoms with Crippen LogP contribution in [-0.4, -0.2) is 22.8 Å². The van der Waals surface area contributed by atoms with Gasteiger partial charge < -0.3 is 14.4 Å². The summed E-state index contributed by atoms with van der Waals surface area (Å²) >= 11 is 0. The number of carbonyl (C=O) groups is 1. The molecule has 1 N–H and O–H groups in total. The second-order valence-electron chi connectivity index (χ2n) is 4.71. The van der Waals surface area contributed by atoms with E-state index in [0.29, 0.717) is 24.4 Å². The zero-order valence-corrected chi connectivity index (χ0v) is 12.0. The first-order valence-electron chi connectivity index (χ1n) is 7.10. The molecule has 1 heterocycles. The minimum absolute atomic E-state index is 0.160. The van der Waals surface area contributed by atoms with Crippen molar-refractivity contribution in [3.8, 4) is 17.1 Å². The van der Waals surface area contributed by atoms with Gasteiger partial charge in [-0.2, -0.15) is 0 Å². The summed E-state index contributed by atoms with van der Waals surface area (Å²) in [5, 5.41) is 13.7. The van der Waals surface area contributed by atoms with Gasteiger partial charge >= 0.3 is 5.97 Å². The zero-order chi connectivity index (χ0) is 15.1. The average Bonchev–Trinajstić information content (AvgIpc) is 2.93. The lowest BCUT2D eigenvalue weighted by atomic mass is 10.1. The Bertz CT molecular complexity index is 591. The predicted molar refractivity (Wildman–Crippen MR) is 77.8 cm³/mol. The first-order chi connectivity index (χ1) is 10.2. The fourth-order valence-corrected chi connectivity index (χ4v) is 2.05. The molecule has 0 fully saturated rings. The fourth-order valence-electron chi connectivity index (χ4n) is 2.05. The topological polar surface area (TPSA) is 72.6 Å². The van der Waals surface area contributed by atoms with Gasteiger partial charge in [-0.05, 0) is 38.3 Å². The van der Waals surface area contributed by atoms with Crippen LogP contribution in [0.25, 0.3) is 11.3 Å². The zero-order valence-electron chi connectivity index (χ0n) is 12.0. The Morgan fingerprint density at radius 1 is 1.33 bits per heavy atom. The number of esters is 1. The lowest BCUT2D eigenvalue weighted by Crippen LogP contribution is -2.03. The van der Waals surface area contributed by atoms with Crippen molar-refractivity contribution in [1.82, 2.24) is 5.16 Å². The van der Waals surface area contributed by atoms with Crippen molar-refractivity contribution < 1.29 is 19.2 Å². The van der Waals surface area contributed by atoms with E-state index in [1.807, 2.05) is 12.1 Å². The number of phenols is 1. The summed E-state index contributed by atoms with van der Waals surface area (Å²) in [5.74, 6) is 0.559. The summed E-state index contributed by atoms with van der Waals surface area (Å²) in [7, 11) is 0. The van der Waals surface area contributed by atoms with Crippen LogP contribution in [0.1, 0.15) is 31.9 Å². The number of ether oxygens (including phenoxy) is 1. The number of nitrogens with zero attached hydrogens (tertiary/aromatic N) is 1. The highest BCUT2D eigenvalue weighted by Gasteiger charge is 2.10. The Morgan fingerprint density at radius 2 is 2.14 bits per heavy atom. The van der Waals surface area contributed by atoms with Crippen LogP contribution in [0.2, 0.25) is 0 Å². The van der Waals surface area contributed by atoms with Crippen molar-refractivity contribution in [3.05, 3.63) is 36.0 Å². The number of rotatable bonds is 7. The molecule has 2 aromatic rings. The van der Waals surface area contributed by atoms with E-state index in [4.69, 9.17) is 9.26 Å². The number of carbonyl (C=O) groups excluding carboxylic acids is 1. The smallest absolute Gasteiger partial charge is 0.305 e. The molecule has 21 heavy (non-hydrogen) atoms. The molecule has 1 aromatic carbocycles. The first-order valence-corrected chi connectivity index (χ1v) is 7.10. The molecule has 0 atom stereocenters. The molecule has 0 saturated carbocycles. The summed E-state index contributed by atoms with van der Waals surface area (Å²) in [6.45, 7) is 2.22. The number of unbranched alkanes of at least 4 members (excludes halogenated alkanes) is 1. The summed E-state index contributed by atoms with van der Waals surface area (Å²) in [6, 6.07) is 8.79. The molecule has 0 aliphatic heterocycles. The molecular weight excluding hydrogens is 270 g/mol. The molecule has 0 spiro atoms. The maximum atomic E-state index is 11.2. The van der Waals surface area contributed by atoms with Gasteiger partial charge in [-0.3, -0.25) is 4.79 Å². The molecule has 2 rings (SSSR count). The van der Waals surface area contributed by atoms with Crippen LogP contribution in [0.15, 0.2) is 34.9 Å². The van der Waals surface area contributed by atoms with Crippen LogP contribution in [0.5, 0.6) is 5.75 Å². The first kappa shape index (κ1) is 15.1. The normalized spacial score (nSPS) is 10.5. The van der Waals surface area contributed by atoms with E-state index in [1.165, 1.54) is 0 Å². The van der Waals surface area contributed by atoms with Crippen LogP contribution >= 0.6 is 0 Å². The highest BCUT2D eigenvalue weighted by molar-refractivity contribution is 5.69. The summed E-state index contributed by atoms with van der Waals surface area (Å²) in [6.07, 6.45) is 2.76. The monoisotopic (exact) mass is 289 g/mol. The van der Waals surface area contributed by atoms with E-state index >= 15 is 0 Å². The van der Waals surface area contributed by atoms with Gasteiger partial charge in [-0.15, -0.1) is 0 Å². The number of aryl methyl sites for hydroxylation is 1. The van der Waals surface area contributed by atoms with Crippen molar-refractivity contribution in [1.29, 1.82) is 0 Å². The third-order valence-corrected chi connectivity index (χ3v) is 3.10. The third-order valence-electron chi connectivity index (χ3n) is 3.10. The van der Waals surface area contributed by atoms with Gasteiger partial charge in [0.25, 0.3) is 0 Å². The number of aromatic hydroxyl groups is 1. The molecule has 0 saturated heterocycles. The minimum atomic E-state index is -0.160. The molecular formula is C16H19NO4. The SMILES string of the molecule is CCOC(=O)CCCCc1cc(-c2ccccc2O)on1. The standard InChI is InChI=1S/C16H19NO4/c1-2-20-16(19)10-6-3-7-12-11-15(21-17-12)13-8-4-5-9-14(13)18/h4-5,8-9,11,18H,2-3,6-7,10H2,1H3. The van der Waals surface area contributed by atoms with Gasteiger partial charge in [0.2, 0.25) is 0 Å². The second-order valence-corrected chi connectivity index (χ2v) is 4.71. The molecule has 0 aliphatic rings. The Hall–Kier alpha value is -2.30. The van der Waals surface area contributed by atoms with E-state index in [0.717, 1.165) is 25.0 Å². The Morgan fingerprint density at radius 3 is 2.90 bits per heavy atom. The van der Waals surface area contributed by atoms with Gasteiger partial charge in [-0.25, -0.2) is 0 Å². The lowest BCUT2D eigenvalue weighted by molar-refractivity contribution is -0.143. The molecule has 5 nitrogen and oxygen atoms in total. The second kappa shape index (κ2) is 7.47. The molecule has 0 aliphatic carbocycles. The fraction of sp³-hybridized carbons (Fsp3) is 0.375. The molecule has 0 radical (unpaired) electrons. The van der Waals surface area contributed by atoms with Gasteiger partial charge in [0.05, 0.1) is 17.9 Å². The number of benzene rings is 1. The molecule has 0 unspecified atom stereocenters. The molecule has 0 bridgehead atoms. The number of aromatic nitrogens is 1. The molecule has 5 heteroatoms. The van der Waals surface area contributed by atoms with Gasteiger partial charge in [0, 0.05) is 12.5 Å². The highest BCUT2D eigenvalue weighted by Crippen LogP contribution is 2.29. The van der Waals surface area contributed by atoms with Crippen LogP contribution in [0.4, 0.5) is 0 Å². The molecule has 1 aromatic heterocycles. The van der Waals surface area contributed by atoms with Crippen molar-refractivity contribution in [3.63, 3.8) is 0 Å². The third kappa shape index (κ3) is 4.34. The average molecular weight is 289 g/mol. The number of phenolic OH excluding ortho intramolecular Hbond substituents is 1. The largest absolute Gasteiger partial charge is 0.507 e. The van der Waals surface area contributed by atoms with Crippen LogP contribution in [0, 0.1) is 0 Å². The Labute approximate surface area is 123 Å². The molecule has 0 amide bonds. The number of hydrogen-bond donors (Lipinski definition) is 1. The predicted octanol–water partition coefficient (Wildman–Crippen LogP) is 3.32. The van der Waals surface area contributed by atoms with E-state index in [2.05, 4.69) is 5.16 Å². The summed E-state index contributed by atoms with van der Waals surface area (Å²) < 4.78 is 10.1. The van der Waals surface area contributed by atoms with E-state index < -0.39 is 0 Å². The van der Waals surface area contributed by atoms with Crippen LogP contribution in [0.3, 0.4) is 0 Å². The molecule has 112 valence electrons. The quantitative estimate of drug-likeness (QED) is 0.625. The van der Waals surface area contributed by atoms with E-state index in [9.17, 15) is 9.90 Å². The van der Waals surface area contributed by atoms with E-state index in [1.54, 1.807) is 25.1 Å². The van der Waals surface area contributed by atoms with Crippen LogP contribution in [-0.2, 0) is 16.0 Å².